The van der Waals surface area contributed by atoms with Gasteiger partial charge in [-0.1, -0.05) is 0 Å². The summed E-state index contributed by atoms with van der Waals surface area (Å²) < 4.78 is 27.9. The number of nitrogens with zero attached hydrogens (tertiary/aromatic N) is 2. The summed E-state index contributed by atoms with van der Waals surface area (Å²) in [5.74, 6) is 0. The number of hydrogen-bond donors (Lipinski definition) is 0. The fourth-order valence-corrected chi connectivity index (χ4v) is 6.38. The molecule has 1 unspecified atom stereocenters. The summed E-state index contributed by atoms with van der Waals surface area (Å²) in [4.78, 5) is 2.41. The Kier molecular flexibility index (Phi) is 3.53. The van der Waals surface area contributed by atoms with Gasteiger partial charge >= 0.3 is 0 Å². The second-order valence-electron chi connectivity index (χ2n) is 4.75. The van der Waals surface area contributed by atoms with E-state index >= 15 is 0 Å². The van der Waals surface area contributed by atoms with Gasteiger partial charge in [-0.15, -0.1) is 11.3 Å². The van der Waals surface area contributed by atoms with Gasteiger partial charge in [-0.05, 0) is 47.4 Å². The van der Waals surface area contributed by atoms with Crippen LogP contribution < -0.4 is 0 Å². The summed E-state index contributed by atoms with van der Waals surface area (Å²) in [7, 11) is -3.28. The van der Waals surface area contributed by atoms with Gasteiger partial charge in [0.05, 0.1) is 3.79 Å². The zero-order valence-electron chi connectivity index (χ0n) is 9.88. The van der Waals surface area contributed by atoms with E-state index in [-0.39, 0.29) is 0 Å². The minimum Gasteiger partial charge on any atom is -0.298 e. The van der Waals surface area contributed by atoms with Crippen molar-refractivity contribution in [3.8, 4) is 0 Å². The van der Waals surface area contributed by atoms with Crippen LogP contribution in [0.2, 0.25) is 0 Å². The number of thiophene rings is 1. The van der Waals surface area contributed by atoms with E-state index in [0.29, 0.717) is 23.3 Å². The summed E-state index contributed by atoms with van der Waals surface area (Å²) in [5, 5.41) is 0. The zero-order chi connectivity index (χ0) is 12.8. The van der Waals surface area contributed by atoms with Crippen LogP contribution in [-0.4, -0.2) is 49.8 Å². The van der Waals surface area contributed by atoms with Gasteiger partial charge in [-0.2, -0.15) is 4.31 Å². The maximum absolute atomic E-state index is 12.5. The lowest BCUT2D eigenvalue weighted by Crippen LogP contribution is -2.51. The third-order valence-electron chi connectivity index (χ3n) is 3.69. The van der Waals surface area contributed by atoms with Crippen LogP contribution in [0.5, 0.6) is 0 Å². The molecule has 1 aromatic rings. The molecule has 18 heavy (non-hydrogen) atoms. The standard InChI is InChI=1S/C11H15BrN2O2S2/c12-10-3-4-11(17-10)18(15,16)14-7-6-13-5-1-2-9(13)8-14/h3-4,9H,1-2,5-8H2. The van der Waals surface area contributed by atoms with E-state index in [1.54, 1.807) is 16.4 Å². The van der Waals surface area contributed by atoms with Crippen molar-refractivity contribution in [2.24, 2.45) is 0 Å². The van der Waals surface area contributed by atoms with Gasteiger partial charge in [0.1, 0.15) is 4.21 Å². The van der Waals surface area contributed by atoms with Crippen LogP contribution in [0, 0.1) is 0 Å². The zero-order valence-corrected chi connectivity index (χ0v) is 13.1. The van der Waals surface area contributed by atoms with Crippen molar-refractivity contribution in [3.63, 3.8) is 0 Å². The van der Waals surface area contributed by atoms with Crippen LogP contribution in [0.3, 0.4) is 0 Å². The summed E-state index contributed by atoms with van der Waals surface area (Å²) in [5.41, 5.74) is 0. The molecule has 0 radical (unpaired) electrons. The molecule has 0 spiro atoms. The van der Waals surface area contributed by atoms with Gasteiger partial charge in [0, 0.05) is 25.7 Å². The average Bonchev–Trinajstić information content (AvgIpc) is 2.96. The van der Waals surface area contributed by atoms with Crippen molar-refractivity contribution < 1.29 is 8.42 Å². The molecule has 3 heterocycles. The largest absolute Gasteiger partial charge is 0.298 e. The summed E-state index contributed by atoms with van der Waals surface area (Å²) in [6, 6.07) is 3.91. The number of halogens is 1. The first-order valence-corrected chi connectivity index (χ1v) is 9.12. The molecule has 1 atom stereocenters. The molecule has 0 bridgehead atoms. The normalized spacial score (nSPS) is 26.4. The van der Waals surface area contributed by atoms with E-state index in [2.05, 4.69) is 20.8 Å². The van der Waals surface area contributed by atoms with E-state index < -0.39 is 10.0 Å². The lowest BCUT2D eigenvalue weighted by atomic mass is 10.2. The van der Waals surface area contributed by atoms with E-state index in [1.807, 2.05) is 0 Å². The summed E-state index contributed by atoms with van der Waals surface area (Å²) in [6.45, 7) is 3.27. The van der Waals surface area contributed by atoms with Crippen molar-refractivity contribution >= 4 is 37.3 Å². The molecule has 2 aliphatic rings. The highest BCUT2D eigenvalue weighted by Crippen LogP contribution is 2.31. The van der Waals surface area contributed by atoms with E-state index in [0.717, 1.165) is 23.3 Å². The van der Waals surface area contributed by atoms with Crippen LogP contribution in [0.1, 0.15) is 12.8 Å². The maximum Gasteiger partial charge on any atom is 0.252 e. The van der Waals surface area contributed by atoms with Crippen LogP contribution in [0.4, 0.5) is 0 Å². The van der Waals surface area contributed by atoms with Gasteiger partial charge in [0.25, 0.3) is 10.0 Å². The Balaban J connectivity index is 1.82. The first-order valence-electron chi connectivity index (χ1n) is 6.07. The number of hydrogen-bond acceptors (Lipinski definition) is 4. The molecular formula is C11H15BrN2O2S2. The topological polar surface area (TPSA) is 40.6 Å². The molecule has 7 heteroatoms. The molecule has 3 rings (SSSR count). The van der Waals surface area contributed by atoms with Crippen LogP contribution in [-0.2, 0) is 10.0 Å². The average molecular weight is 351 g/mol. The second kappa shape index (κ2) is 4.86. The Labute approximate surface area is 120 Å². The molecule has 0 N–H and O–H groups in total. The third-order valence-corrected chi connectivity index (χ3v) is 7.65. The number of fused-ring (bicyclic) bond motifs is 1. The minimum absolute atomic E-state index is 0.428. The molecule has 0 aromatic carbocycles. The highest BCUT2D eigenvalue weighted by molar-refractivity contribution is 9.11. The predicted octanol–water partition coefficient (Wildman–Crippen LogP) is 1.98. The van der Waals surface area contributed by atoms with Crippen molar-refractivity contribution in [1.29, 1.82) is 0 Å². The molecule has 4 nitrogen and oxygen atoms in total. The van der Waals surface area contributed by atoms with Gasteiger partial charge in [-0.25, -0.2) is 8.42 Å². The SMILES string of the molecule is O=S(=O)(c1ccc(Br)s1)N1CCN2CCCC2C1. The number of piperazine rings is 1. The van der Waals surface area contributed by atoms with Crippen molar-refractivity contribution in [3.05, 3.63) is 15.9 Å². The second-order valence-corrected chi connectivity index (χ2v) is 9.38. The Morgan fingerprint density at radius 3 is 2.83 bits per heavy atom. The monoisotopic (exact) mass is 350 g/mol. The van der Waals surface area contributed by atoms with E-state index in [4.69, 9.17) is 0 Å². The quantitative estimate of drug-likeness (QED) is 0.818. The van der Waals surface area contributed by atoms with Crippen molar-refractivity contribution in [1.82, 2.24) is 9.21 Å². The molecular weight excluding hydrogens is 336 g/mol. The summed E-state index contributed by atoms with van der Waals surface area (Å²) in [6.07, 6.45) is 2.32. The Morgan fingerprint density at radius 2 is 2.11 bits per heavy atom. The van der Waals surface area contributed by atoms with Crippen LogP contribution in [0.15, 0.2) is 20.1 Å². The predicted molar refractivity (Wildman–Crippen MR) is 75.4 cm³/mol. The Bertz CT molecular complexity index is 543. The third kappa shape index (κ3) is 2.27. The molecule has 1 aromatic heterocycles. The molecule has 0 saturated carbocycles. The highest BCUT2D eigenvalue weighted by Gasteiger charge is 2.36. The van der Waals surface area contributed by atoms with E-state index in [9.17, 15) is 8.42 Å². The first kappa shape index (κ1) is 13.1. The highest BCUT2D eigenvalue weighted by atomic mass is 79.9. The molecule has 100 valence electrons. The molecule has 2 saturated heterocycles. The number of rotatable bonds is 2. The first-order chi connectivity index (χ1) is 8.57. The molecule has 0 amide bonds. The van der Waals surface area contributed by atoms with Gasteiger partial charge in [0.2, 0.25) is 0 Å². The molecule has 2 aliphatic heterocycles. The minimum atomic E-state index is -3.28. The Morgan fingerprint density at radius 1 is 1.28 bits per heavy atom. The lowest BCUT2D eigenvalue weighted by molar-refractivity contribution is 0.158. The lowest BCUT2D eigenvalue weighted by Gasteiger charge is -2.36. The van der Waals surface area contributed by atoms with E-state index in [1.165, 1.54) is 17.8 Å². The maximum atomic E-state index is 12.5. The smallest absolute Gasteiger partial charge is 0.252 e. The van der Waals surface area contributed by atoms with Crippen LogP contribution >= 0.6 is 27.3 Å². The fourth-order valence-electron chi connectivity index (χ4n) is 2.74. The van der Waals surface area contributed by atoms with Crippen molar-refractivity contribution in [2.75, 3.05) is 26.2 Å². The fraction of sp³-hybridized carbons (Fsp3) is 0.636. The molecule has 2 fully saturated rings. The van der Waals surface area contributed by atoms with Gasteiger partial charge in [0.15, 0.2) is 0 Å². The van der Waals surface area contributed by atoms with Crippen molar-refractivity contribution in [2.45, 2.75) is 23.1 Å². The summed E-state index contributed by atoms with van der Waals surface area (Å²) >= 11 is 4.61. The van der Waals surface area contributed by atoms with Crippen LogP contribution in [0.25, 0.3) is 0 Å². The van der Waals surface area contributed by atoms with Gasteiger partial charge < -0.3 is 0 Å². The Hall–Kier alpha value is 0.0500. The molecule has 0 aliphatic carbocycles. The number of sulfonamides is 1. The van der Waals surface area contributed by atoms with Gasteiger partial charge in [-0.3, -0.25) is 4.90 Å².